The van der Waals surface area contributed by atoms with Gasteiger partial charge >= 0.3 is 0 Å². The van der Waals surface area contributed by atoms with Gasteiger partial charge in [0.05, 0.1) is 41.3 Å². The number of sulfone groups is 1. The number of halogens is 5. The summed E-state index contributed by atoms with van der Waals surface area (Å²) < 4.78 is 87.0. The van der Waals surface area contributed by atoms with Gasteiger partial charge in [-0.15, -0.1) is 0 Å². The van der Waals surface area contributed by atoms with Crippen molar-refractivity contribution < 1.29 is 26.0 Å². The van der Waals surface area contributed by atoms with Crippen LogP contribution in [0.3, 0.4) is 0 Å². The second-order valence-electron chi connectivity index (χ2n) is 14.2. The molecule has 0 N–H and O–H groups in total. The average Bonchev–Trinajstić information content (AvgIpc) is 4.07. The molecule has 2 atom stereocenters. The molecule has 0 unspecified atom stereocenters. The number of aromatic nitrogens is 10. The molecule has 2 aliphatic heterocycles. The van der Waals surface area contributed by atoms with Crippen molar-refractivity contribution in [3.8, 4) is 11.4 Å². The van der Waals surface area contributed by atoms with Gasteiger partial charge in [0.25, 0.3) is 0 Å². The highest BCUT2D eigenvalue weighted by Gasteiger charge is 2.31. The van der Waals surface area contributed by atoms with Crippen LogP contribution < -0.4 is 9.80 Å². The van der Waals surface area contributed by atoms with Gasteiger partial charge in [-0.2, -0.15) is 20.4 Å². The smallest absolute Gasteiger partial charge is 0.183 e. The highest BCUT2D eigenvalue weighted by Crippen LogP contribution is 2.38. The van der Waals surface area contributed by atoms with Gasteiger partial charge < -0.3 is 9.80 Å². The van der Waals surface area contributed by atoms with Gasteiger partial charge in [-0.25, -0.2) is 54.3 Å². The first-order chi connectivity index (χ1) is 28.4. The molecule has 6 aromatic heterocycles. The standard InChI is InChI=1S/C20H18F2N6O2S.C19H15BrF2N6/c1-31(29,30)14-10-23-28(12-14)18-11-24-27-8-6-19(25-20(18)27)26-7-2-3-17(26)15-9-13(21)4-5-16(15)22;20-12-9-23-28(11-12)17-10-24-27-7-5-18(25-19(17)27)26-6-1-2-16(26)14-8-13(21)3-4-15(14)22/h4-6,8-12,17H,2-3,7H2,1H3;3-5,7-11,16H,1-2,6H2/t17-;16-/m11/s1. The summed E-state index contributed by atoms with van der Waals surface area (Å²) in [5.74, 6) is -0.471. The van der Waals surface area contributed by atoms with E-state index in [0.29, 0.717) is 52.7 Å². The van der Waals surface area contributed by atoms with E-state index < -0.39 is 33.1 Å². The summed E-state index contributed by atoms with van der Waals surface area (Å²) in [7, 11) is -3.40. The maximum atomic E-state index is 14.4. The van der Waals surface area contributed by atoms with Gasteiger partial charge in [-0.3, -0.25) is 0 Å². The second kappa shape index (κ2) is 15.2. The Bertz CT molecular complexity index is 2970. The highest BCUT2D eigenvalue weighted by atomic mass is 79.9. The normalized spacial score (nSPS) is 17.0. The lowest BCUT2D eigenvalue weighted by Crippen LogP contribution is -2.24. The quantitative estimate of drug-likeness (QED) is 0.151. The molecule has 8 heterocycles. The number of rotatable bonds is 7. The minimum absolute atomic E-state index is 0.0872. The molecule has 10 rings (SSSR count). The Balaban J connectivity index is 0.000000153. The van der Waals surface area contributed by atoms with Crippen LogP contribution in [0.1, 0.15) is 48.9 Å². The van der Waals surface area contributed by atoms with Crippen molar-refractivity contribution in [1.82, 2.24) is 48.8 Å². The van der Waals surface area contributed by atoms with Crippen LogP contribution >= 0.6 is 15.9 Å². The Morgan fingerprint density at radius 2 is 1.14 bits per heavy atom. The Kier molecular flexibility index (Phi) is 9.90. The lowest BCUT2D eigenvalue weighted by molar-refractivity contribution is 0.560. The molecule has 2 saturated heterocycles. The first-order valence-electron chi connectivity index (χ1n) is 18.5. The van der Waals surface area contributed by atoms with Crippen molar-refractivity contribution in [2.75, 3.05) is 29.1 Å². The molecule has 0 saturated carbocycles. The summed E-state index contributed by atoms with van der Waals surface area (Å²) in [6.45, 7) is 1.37. The molecular formula is C39H33BrF4N12O2S. The van der Waals surface area contributed by atoms with E-state index >= 15 is 0 Å². The largest absolute Gasteiger partial charge is 0.349 e. The maximum Gasteiger partial charge on any atom is 0.183 e. The third-order valence-electron chi connectivity index (χ3n) is 10.4. The van der Waals surface area contributed by atoms with E-state index in [1.165, 1.54) is 35.3 Å². The van der Waals surface area contributed by atoms with Crippen LogP contribution in [0.2, 0.25) is 0 Å². The predicted octanol–water partition coefficient (Wildman–Crippen LogP) is 7.24. The first kappa shape index (κ1) is 38.4. The van der Waals surface area contributed by atoms with Crippen LogP contribution in [-0.4, -0.2) is 76.5 Å². The Morgan fingerprint density at radius 1 is 0.644 bits per heavy atom. The van der Waals surface area contributed by atoms with Crippen molar-refractivity contribution in [2.45, 2.75) is 42.7 Å². The van der Waals surface area contributed by atoms with Crippen molar-refractivity contribution in [2.24, 2.45) is 0 Å². The average molecular weight is 890 g/mol. The van der Waals surface area contributed by atoms with Gasteiger partial charge in [0.15, 0.2) is 21.1 Å². The van der Waals surface area contributed by atoms with E-state index in [-0.39, 0.29) is 17.0 Å². The molecule has 8 aromatic rings. The number of hydrogen-bond acceptors (Lipinski definition) is 10. The van der Waals surface area contributed by atoms with E-state index in [4.69, 9.17) is 9.97 Å². The fraction of sp³-hybridized carbons (Fsp3) is 0.231. The van der Waals surface area contributed by atoms with Crippen LogP contribution in [0, 0.1) is 23.3 Å². The SMILES string of the molecule is CS(=O)(=O)c1cnn(-c2cnn3ccc(N4CCC[C@@H]4c4cc(F)ccc4F)nc23)c1.Fc1ccc(F)c([C@H]2CCCN2c2ccn3ncc(-n4cc(Br)cn4)c3n2)c1. The third kappa shape index (κ3) is 7.41. The molecular weight excluding hydrogens is 856 g/mol. The molecule has 0 amide bonds. The second-order valence-corrected chi connectivity index (χ2v) is 17.1. The molecule has 2 aliphatic rings. The fourth-order valence-corrected chi connectivity index (χ4v) is 8.48. The Hall–Kier alpha value is -6.15. The molecule has 20 heteroatoms. The monoisotopic (exact) mass is 888 g/mol. The van der Waals surface area contributed by atoms with Crippen LogP contribution in [0.15, 0.2) is 107 Å². The van der Waals surface area contributed by atoms with Crippen molar-refractivity contribution in [3.05, 3.63) is 137 Å². The van der Waals surface area contributed by atoms with E-state index in [9.17, 15) is 26.0 Å². The summed E-state index contributed by atoms with van der Waals surface area (Å²) in [6, 6.07) is 10.1. The number of anilines is 2. The zero-order valence-corrected chi connectivity index (χ0v) is 33.5. The van der Waals surface area contributed by atoms with E-state index in [1.54, 1.807) is 44.6 Å². The van der Waals surface area contributed by atoms with Gasteiger partial charge in [0.1, 0.15) is 51.2 Å². The van der Waals surface area contributed by atoms with Gasteiger partial charge in [-0.1, -0.05) is 0 Å². The summed E-state index contributed by atoms with van der Waals surface area (Å²) >= 11 is 3.39. The molecule has 59 heavy (non-hydrogen) atoms. The Morgan fingerprint density at radius 3 is 1.59 bits per heavy atom. The van der Waals surface area contributed by atoms with Gasteiger partial charge in [0, 0.05) is 55.3 Å². The molecule has 0 aliphatic carbocycles. The molecule has 0 spiro atoms. The van der Waals surface area contributed by atoms with Crippen LogP contribution in [0.5, 0.6) is 0 Å². The lowest BCUT2D eigenvalue weighted by Gasteiger charge is -2.26. The number of hydrogen-bond donors (Lipinski definition) is 0. The first-order valence-corrected chi connectivity index (χ1v) is 21.2. The highest BCUT2D eigenvalue weighted by molar-refractivity contribution is 9.10. The summed E-state index contributed by atoms with van der Waals surface area (Å²) in [6.07, 6.45) is 17.2. The maximum absolute atomic E-state index is 14.4. The van der Waals surface area contributed by atoms with Crippen molar-refractivity contribution >= 4 is 48.7 Å². The van der Waals surface area contributed by atoms with E-state index in [2.05, 4.69) is 36.3 Å². The number of benzene rings is 2. The van der Waals surface area contributed by atoms with Crippen LogP contribution in [0.4, 0.5) is 29.2 Å². The molecule has 14 nitrogen and oxygen atoms in total. The topological polar surface area (TPSA) is 137 Å². The van der Waals surface area contributed by atoms with E-state index in [1.807, 2.05) is 28.3 Å². The summed E-state index contributed by atoms with van der Waals surface area (Å²) in [5.41, 5.74) is 3.01. The molecule has 302 valence electrons. The summed E-state index contributed by atoms with van der Waals surface area (Å²) in [4.78, 5) is 13.5. The predicted molar refractivity (Wildman–Crippen MR) is 212 cm³/mol. The van der Waals surface area contributed by atoms with E-state index in [0.717, 1.165) is 60.4 Å². The van der Waals surface area contributed by atoms with Gasteiger partial charge in [0.2, 0.25) is 0 Å². The zero-order valence-electron chi connectivity index (χ0n) is 31.1. The van der Waals surface area contributed by atoms with Gasteiger partial charge in [-0.05, 0) is 90.1 Å². The fourth-order valence-electron chi connectivity index (χ4n) is 7.67. The van der Waals surface area contributed by atoms with Crippen molar-refractivity contribution in [1.29, 1.82) is 0 Å². The molecule has 2 fully saturated rings. The minimum Gasteiger partial charge on any atom is -0.349 e. The van der Waals surface area contributed by atoms with Crippen LogP contribution in [-0.2, 0) is 9.84 Å². The molecule has 0 radical (unpaired) electrons. The van der Waals surface area contributed by atoms with Crippen LogP contribution in [0.25, 0.3) is 22.7 Å². The third-order valence-corrected chi connectivity index (χ3v) is 11.9. The van der Waals surface area contributed by atoms with Crippen molar-refractivity contribution in [3.63, 3.8) is 0 Å². The molecule has 0 bridgehead atoms. The number of nitrogens with zero attached hydrogens (tertiary/aromatic N) is 12. The number of fused-ring (bicyclic) bond motifs is 2. The lowest BCUT2D eigenvalue weighted by atomic mass is 10.0. The summed E-state index contributed by atoms with van der Waals surface area (Å²) in [5, 5.41) is 17.0. The zero-order chi connectivity index (χ0) is 41.0. The Labute approximate surface area is 342 Å². The molecule has 2 aromatic carbocycles. The minimum atomic E-state index is -3.40.